The zero-order valence-electron chi connectivity index (χ0n) is 15.5. The number of Topliss-reactive ketones (excluding diaryl/α,β-unsaturated/α-hetero) is 1. The summed E-state index contributed by atoms with van der Waals surface area (Å²) in [6, 6.07) is 23.9. The molecule has 0 saturated carbocycles. The number of pyridine rings is 1. The summed E-state index contributed by atoms with van der Waals surface area (Å²) >= 11 is 0. The number of nitriles is 1. The smallest absolute Gasteiger partial charge is 0.219 e. The molecule has 0 aliphatic carbocycles. The van der Waals surface area contributed by atoms with Crippen LogP contribution < -0.4 is 9.47 Å². The number of aryl methyl sites for hydroxylation is 1. The van der Waals surface area contributed by atoms with Crippen molar-refractivity contribution in [2.75, 3.05) is 7.11 Å². The largest absolute Gasteiger partial charge is 0.497 e. The van der Waals surface area contributed by atoms with Gasteiger partial charge in [-0.2, -0.15) is 5.26 Å². The lowest BCUT2D eigenvalue weighted by Gasteiger charge is -2.10. The molecule has 0 saturated heterocycles. The average Bonchev–Trinajstić information content (AvgIpc) is 2.74. The van der Waals surface area contributed by atoms with E-state index < -0.39 is 5.92 Å². The van der Waals surface area contributed by atoms with Gasteiger partial charge in [-0.3, -0.25) is 4.79 Å². The summed E-state index contributed by atoms with van der Waals surface area (Å²) in [6.45, 7) is 0. The van der Waals surface area contributed by atoms with E-state index in [1.165, 1.54) is 0 Å². The molecular formula is C23H20N2O3. The van der Waals surface area contributed by atoms with E-state index in [0.717, 1.165) is 5.69 Å². The Morgan fingerprint density at radius 2 is 1.75 bits per heavy atom. The molecular weight excluding hydrogens is 352 g/mol. The first-order chi connectivity index (χ1) is 13.7. The van der Waals surface area contributed by atoms with Gasteiger partial charge in [0.15, 0.2) is 5.78 Å². The van der Waals surface area contributed by atoms with Crippen LogP contribution in [0.2, 0.25) is 0 Å². The molecule has 0 aliphatic rings. The van der Waals surface area contributed by atoms with Gasteiger partial charge in [-0.05, 0) is 42.3 Å². The number of aromatic nitrogens is 1. The quantitative estimate of drug-likeness (QED) is 0.573. The van der Waals surface area contributed by atoms with Gasteiger partial charge in [-0.25, -0.2) is 4.98 Å². The van der Waals surface area contributed by atoms with E-state index in [1.54, 1.807) is 37.4 Å². The Labute approximate surface area is 164 Å². The molecule has 3 aromatic rings. The third-order valence-electron chi connectivity index (χ3n) is 4.27. The fourth-order valence-electron chi connectivity index (χ4n) is 2.79. The van der Waals surface area contributed by atoms with Crippen molar-refractivity contribution in [3.05, 3.63) is 84.1 Å². The SMILES string of the molecule is COc1ccc(C(C#N)C(=O)CCc2cccc(Oc3ccccc3)n2)cc1. The zero-order valence-corrected chi connectivity index (χ0v) is 15.5. The van der Waals surface area contributed by atoms with Gasteiger partial charge in [-0.15, -0.1) is 0 Å². The highest BCUT2D eigenvalue weighted by Gasteiger charge is 2.20. The number of ether oxygens (including phenoxy) is 2. The first-order valence-electron chi connectivity index (χ1n) is 8.94. The van der Waals surface area contributed by atoms with E-state index in [-0.39, 0.29) is 12.2 Å². The summed E-state index contributed by atoms with van der Waals surface area (Å²) < 4.78 is 10.8. The van der Waals surface area contributed by atoms with Gasteiger partial charge in [0.2, 0.25) is 5.88 Å². The van der Waals surface area contributed by atoms with Crippen LogP contribution in [0, 0.1) is 11.3 Å². The Balaban J connectivity index is 1.63. The lowest BCUT2D eigenvalue weighted by molar-refractivity contribution is -0.119. The van der Waals surface area contributed by atoms with Crippen molar-refractivity contribution in [3.8, 4) is 23.4 Å². The minimum Gasteiger partial charge on any atom is -0.497 e. The highest BCUT2D eigenvalue weighted by atomic mass is 16.5. The molecule has 140 valence electrons. The first kappa shape index (κ1) is 19.1. The number of methoxy groups -OCH3 is 1. The molecule has 0 radical (unpaired) electrons. The Morgan fingerprint density at radius 3 is 2.43 bits per heavy atom. The van der Waals surface area contributed by atoms with Crippen LogP contribution in [0.5, 0.6) is 17.4 Å². The fourth-order valence-corrected chi connectivity index (χ4v) is 2.79. The predicted molar refractivity (Wildman–Crippen MR) is 105 cm³/mol. The molecule has 1 aromatic heterocycles. The predicted octanol–water partition coefficient (Wildman–Crippen LogP) is 4.69. The summed E-state index contributed by atoms with van der Waals surface area (Å²) in [6.07, 6.45) is 0.672. The molecule has 1 atom stereocenters. The third kappa shape index (κ3) is 4.95. The number of rotatable bonds is 8. The number of hydrogen-bond donors (Lipinski definition) is 0. The summed E-state index contributed by atoms with van der Waals surface area (Å²) in [7, 11) is 1.57. The second-order valence-electron chi connectivity index (χ2n) is 6.18. The summed E-state index contributed by atoms with van der Waals surface area (Å²) in [4.78, 5) is 17.0. The first-order valence-corrected chi connectivity index (χ1v) is 8.94. The molecule has 0 bridgehead atoms. The Kier molecular flexibility index (Phi) is 6.37. The minimum absolute atomic E-state index is 0.135. The number of carbonyl (C=O) groups is 1. The topological polar surface area (TPSA) is 72.2 Å². The molecule has 1 unspecified atom stereocenters. The van der Waals surface area contributed by atoms with Crippen molar-refractivity contribution in [2.45, 2.75) is 18.8 Å². The van der Waals surface area contributed by atoms with Crippen LogP contribution in [0.3, 0.4) is 0 Å². The molecule has 5 heteroatoms. The number of nitrogens with zero attached hydrogens (tertiary/aromatic N) is 2. The molecule has 0 N–H and O–H groups in total. The number of ketones is 1. The second-order valence-corrected chi connectivity index (χ2v) is 6.18. The van der Waals surface area contributed by atoms with E-state index in [2.05, 4.69) is 11.1 Å². The van der Waals surface area contributed by atoms with Crippen LogP contribution >= 0.6 is 0 Å². The maximum atomic E-state index is 12.6. The standard InChI is InChI=1S/C23H20N2O3/c1-27-19-13-10-17(11-14-19)21(16-24)22(26)15-12-18-6-5-9-23(25-18)28-20-7-3-2-4-8-20/h2-11,13-14,21H,12,15H2,1H3. The monoisotopic (exact) mass is 372 g/mol. The average molecular weight is 372 g/mol. The minimum atomic E-state index is -0.797. The van der Waals surface area contributed by atoms with Crippen molar-refractivity contribution in [1.29, 1.82) is 5.26 Å². The zero-order chi connectivity index (χ0) is 19.8. The summed E-state index contributed by atoms with van der Waals surface area (Å²) in [5.74, 6) is 0.932. The van der Waals surface area contributed by atoms with E-state index >= 15 is 0 Å². The number of benzene rings is 2. The van der Waals surface area contributed by atoms with Crippen molar-refractivity contribution >= 4 is 5.78 Å². The summed E-state index contributed by atoms with van der Waals surface area (Å²) in [5, 5.41) is 9.44. The molecule has 5 nitrogen and oxygen atoms in total. The third-order valence-corrected chi connectivity index (χ3v) is 4.27. The second kappa shape index (κ2) is 9.33. The van der Waals surface area contributed by atoms with Crippen LogP contribution in [0.15, 0.2) is 72.8 Å². The van der Waals surface area contributed by atoms with E-state index in [1.807, 2.05) is 42.5 Å². The van der Waals surface area contributed by atoms with E-state index in [4.69, 9.17) is 9.47 Å². The number of para-hydroxylation sites is 1. The van der Waals surface area contributed by atoms with Crippen LogP contribution in [0.1, 0.15) is 23.6 Å². The van der Waals surface area contributed by atoms with Gasteiger partial charge < -0.3 is 9.47 Å². The highest BCUT2D eigenvalue weighted by Crippen LogP contribution is 2.23. The molecule has 0 aliphatic heterocycles. The number of carbonyl (C=O) groups excluding carboxylic acids is 1. The number of hydrogen-bond acceptors (Lipinski definition) is 5. The van der Waals surface area contributed by atoms with Gasteiger partial charge in [0.25, 0.3) is 0 Å². The normalized spacial score (nSPS) is 11.3. The van der Waals surface area contributed by atoms with Crippen molar-refractivity contribution in [2.24, 2.45) is 0 Å². The maximum absolute atomic E-state index is 12.6. The van der Waals surface area contributed by atoms with Gasteiger partial charge in [0.05, 0.1) is 13.2 Å². The molecule has 1 heterocycles. The lowest BCUT2D eigenvalue weighted by Crippen LogP contribution is -2.12. The van der Waals surface area contributed by atoms with Crippen LogP contribution in [-0.2, 0) is 11.2 Å². The Morgan fingerprint density at radius 1 is 1.00 bits per heavy atom. The van der Waals surface area contributed by atoms with Crippen molar-refractivity contribution in [3.63, 3.8) is 0 Å². The molecule has 28 heavy (non-hydrogen) atoms. The highest BCUT2D eigenvalue weighted by molar-refractivity contribution is 5.88. The van der Waals surface area contributed by atoms with Gasteiger partial charge >= 0.3 is 0 Å². The molecule has 0 amide bonds. The molecule has 0 spiro atoms. The van der Waals surface area contributed by atoms with Crippen LogP contribution in [-0.4, -0.2) is 17.9 Å². The van der Waals surface area contributed by atoms with Crippen LogP contribution in [0.25, 0.3) is 0 Å². The molecule has 0 fully saturated rings. The molecule has 2 aromatic carbocycles. The van der Waals surface area contributed by atoms with E-state index in [0.29, 0.717) is 29.4 Å². The van der Waals surface area contributed by atoms with Crippen molar-refractivity contribution in [1.82, 2.24) is 4.98 Å². The summed E-state index contributed by atoms with van der Waals surface area (Å²) in [5.41, 5.74) is 1.41. The van der Waals surface area contributed by atoms with E-state index in [9.17, 15) is 10.1 Å². The fraction of sp³-hybridized carbons (Fsp3) is 0.174. The molecule has 3 rings (SSSR count). The van der Waals surface area contributed by atoms with Crippen LogP contribution in [0.4, 0.5) is 0 Å². The Bertz CT molecular complexity index is 963. The van der Waals surface area contributed by atoms with Crippen molar-refractivity contribution < 1.29 is 14.3 Å². The lowest BCUT2D eigenvalue weighted by atomic mass is 9.93. The van der Waals surface area contributed by atoms with Gasteiger partial charge in [-0.1, -0.05) is 36.4 Å². The van der Waals surface area contributed by atoms with Gasteiger partial charge in [0.1, 0.15) is 17.4 Å². The Hall–Kier alpha value is -3.65. The van der Waals surface area contributed by atoms with Gasteiger partial charge in [0, 0.05) is 18.2 Å². The maximum Gasteiger partial charge on any atom is 0.219 e.